The molecule has 1 aromatic heterocycles. The Hall–Kier alpha value is -0.880. The van der Waals surface area contributed by atoms with Gasteiger partial charge in [0.2, 0.25) is 0 Å². The Balaban J connectivity index is 2.13. The molecule has 3 heteroatoms. The van der Waals surface area contributed by atoms with Gasteiger partial charge in [-0.2, -0.15) is 0 Å². The quantitative estimate of drug-likeness (QED) is 0.605. The van der Waals surface area contributed by atoms with E-state index in [-0.39, 0.29) is 0 Å². The first-order valence-electron chi connectivity index (χ1n) is 5.33. The molecule has 0 radical (unpaired) electrons. The second-order valence-electron chi connectivity index (χ2n) is 3.73. The molecule has 0 aliphatic carbocycles. The molecule has 0 spiro atoms. The summed E-state index contributed by atoms with van der Waals surface area (Å²) in [5, 5.41) is 5.89. The number of hydrogen-bond acceptors (Lipinski definition) is 1. The lowest BCUT2D eigenvalue weighted by atomic mass is 10.3. The lowest BCUT2D eigenvalue weighted by molar-refractivity contribution is 1.78. The predicted molar refractivity (Wildman–Crippen MR) is 80.3 cm³/mol. The van der Waals surface area contributed by atoms with Gasteiger partial charge < -0.3 is 0 Å². The topological polar surface area (TPSA) is 0 Å². The fraction of sp³-hybridized carbons (Fsp3) is 0. The van der Waals surface area contributed by atoms with Crippen molar-refractivity contribution in [3.8, 4) is 0 Å². The third kappa shape index (κ3) is 2.11. The standard InChI is InChI=1S/C14H10ClPS/c15-16(12-6-2-1-3-7-12)13-8-4-5-11-9-10-17-14(11)13/h1-10H. The smallest absolute Gasteiger partial charge is 0.0538 e. The summed E-state index contributed by atoms with van der Waals surface area (Å²) in [6.07, 6.45) is 0. The Morgan fingerprint density at radius 1 is 0.882 bits per heavy atom. The highest BCUT2D eigenvalue weighted by molar-refractivity contribution is 7.96. The van der Waals surface area contributed by atoms with Crippen molar-refractivity contribution >= 4 is 50.5 Å². The Kier molecular flexibility index (Phi) is 3.15. The third-order valence-electron chi connectivity index (χ3n) is 2.65. The summed E-state index contributed by atoms with van der Waals surface area (Å²) in [6, 6.07) is 18.8. The fourth-order valence-electron chi connectivity index (χ4n) is 1.83. The van der Waals surface area contributed by atoms with E-state index in [4.69, 9.17) is 11.2 Å². The van der Waals surface area contributed by atoms with Gasteiger partial charge in [-0.05, 0) is 22.1 Å². The Bertz CT molecular complexity index is 633. The average Bonchev–Trinajstić information content (AvgIpc) is 2.87. The third-order valence-corrected chi connectivity index (χ3v) is 6.45. The van der Waals surface area contributed by atoms with Crippen LogP contribution in [0.1, 0.15) is 0 Å². The van der Waals surface area contributed by atoms with Gasteiger partial charge in [-0.15, -0.1) is 11.3 Å². The highest BCUT2D eigenvalue weighted by Gasteiger charge is 2.13. The molecule has 2 aromatic carbocycles. The van der Waals surface area contributed by atoms with Crippen LogP contribution in [-0.4, -0.2) is 0 Å². The number of hydrogen-bond donors (Lipinski definition) is 0. The molecule has 0 saturated carbocycles. The molecular weight excluding hydrogens is 267 g/mol. The van der Waals surface area contributed by atoms with Gasteiger partial charge in [0.25, 0.3) is 0 Å². The zero-order chi connectivity index (χ0) is 11.7. The van der Waals surface area contributed by atoms with Gasteiger partial charge in [0, 0.05) is 10.0 Å². The molecule has 1 heterocycles. The first-order chi connectivity index (χ1) is 8.36. The van der Waals surface area contributed by atoms with Gasteiger partial charge >= 0.3 is 0 Å². The first-order valence-corrected chi connectivity index (χ1v) is 8.46. The number of fused-ring (bicyclic) bond motifs is 1. The van der Waals surface area contributed by atoms with E-state index < -0.39 is 7.27 Å². The molecule has 3 rings (SSSR count). The van der Waals surface area contributed by atoms with Crippen molar-refractivity contribution in [3.63, 3.8) is 0 Å². The molecular formula is C14H10ClPS. The molecule has 1 unspecified atom stereocenters. The summed E-state index contributed by atoms with van der Waals surface area (Å²) in [5.74, 6) is 0. The number of benzene rings is 2. The molecule has 0 bridgehead atoms. The van der Waals surface area contributed by atoms with Crippen LogP contribution in [0.2, 0.25) is 0 Å². The number of halogens is 1. The van der Waals surface area contributed by atoms with E-state index in [9.17, 15) is 0 Å². The SMILES string of the molecule is ClP(c1ccccc1)c1cccc2ccsc12. The largest absolute Gasteiger partial charge is 0.143 e. The van der Waals surface area contributed by atoms with E-state index >= 15 is 0 Å². The highest BCUT2D eigenvalue weighted by Crippen LogP contribution is 2.41. The lowest BCUT2D eigenvalue weighted by Gasteiger charge is -2.11. The van der Waals surface area contributed by atoms with Crippen LogP contribution in [0, 0.1) is 0 Å². The second kappa shape index (κ2) is 4.78. The van der Waals surface area contributed by atoms with Gasteiger partial charge in [0.1, 0.15) is 0 Å². The Morgan fingerprint density at radius 3 is 2.53 bits per heavy atom. The number of rotatable bonds is 2. The van der Waals surface area contributed by atoms with Crippen LogP contribution in [0.3, 0.4) is 0 Å². The number of thiophene rings is 1. The maximum atomic E-state index is 6.64. The minimum absolute atomic E-state index is 0.762. The highest BCUT2D eigenvalue weighted by atomic mass is 35.7. The monoisotopic (exact) mass is 276 g/mol. The maximum absolute atomic E-state index is 6.64. The average molecular weight is 277 g/mol. The summed E-state index contributed by atoms with van der Waals surface area (Å²) in [4.78, 5) is 0. The van der Waals surface area contributed by atoms with Crippen LogP contribution in [0.5, 0.6) is 0 Å². The van der Waals surface area contributed by atoms with Gasteiger partial charge in [-0.3, -0.25) is 0 Å². The molecule has 0 N–H and O–H groups in total. The molecule has 0 aliphatic rings. The molecule has 0 aliphatic heterocycles. The van der Waals surface area contributed by atoms with E-state index in [2.05, 4.69) is 41.8 Å². The van der Waals surface area contributed by atoms with Crippen LogP contribution < -0.4 is 10.6 Å². The molecule has 0 amide bonds. The van der Waals surface area contributed by atoms with Crippen LogP contribution in [0.15, 0.2) is 60.0 Å². The Morgan fingerprint density at radius 2 is 1.71 bits per heavy atom. The lowest BCUT2D eigenvalue weighted by Crippen LogP contribution is -2.07. The normalized spacial score (nSPS) is 12.8. The van der Waals surface area contributed by atoms with E-state index in [1.807, 2.05) is 18.2 Å². The van der Waals surface area contributed by atoms with Crippen molar-refractivity contribution in [1.29, 1.82) is 0 Å². The fourth-order valence-corrected chi connectivity index (χ4v) is 5.22. The van der Waals surface area contributed by atoms with Gasteiger partial charge in [0.15, 0.2) is 0 Å². The zero-order valence-corrected chi connectivity index (χ0v) is 11.5. The van der Waals surface area contributed by atoms with Crippen molar-refractivity contribution < 1.29 is 0 Å². The molecule has 0 saturated heterocycles. The van der Waals surface area contributed by atoms with E-state index in [1.165, 1.54) is 20.7 Å². The minimum Gasteiger partial charge on any atom is -0.143 e. The molecule has 0 nitrogen and oxygen atoms in total. The van der Waals surface area contributed by atoms with Gasteiger partial charge in [-0.25, -0.2) is 0 Å². The zero-order valence-electron chi connectivity index (χ0n) is 9.01. The minimum atomic E-state index is -0.762. The summed E-state index contributed by atoms with van der Waals surface area (Å²) >= 11 is 8.41. The van der Waals surface area contributed by atoms with Crippen LogP contribution in [0.25, 0.3) is 10.1 Å². The molecule has 3 aromatic rings. The van der Waals surface area contributed by atoms with E-state index in [1.54, 1.807) is 11.3 Å². The summed E-state index contributed by atoms with van der Waals surface area (Å²) < 4.78 is 1.32. The Labute approximate surface area is 110 Å². The summed E-state index contributed by atoms with van der Waals surface area (Å²) in [7, 11) is -0.762. The molecule has 0 fully saturated rings. The van der Waals surface area contributed by atoms with E-state index in [0.717, 1.165) is 0 Å². The maximum Gasteiger partial charge on any atom is 0.0538 e. The van der Waals surface area contributed by atoms with Gasteiger partial charge in [0.05, 0.1) is 7.27 Å². The summed E-state index contributed by atoms with van der Waals surface area (Å²) in [5.41, 5.74) is 0. The van der Waals surface area contributed by atoms with Crippen LogP contribution in [0.4, 0.5) is 0 Å². The second-order valence-corrected chi connectivity index (χ2v) is 7.22. The molecule has 1 atom stereocenters. The van der Waals surface area contributed by atoms with Crippen LogP contribution in [-0.2, 0) is 0 Å². The van der Waals surface area contributed by atoms with E-state index in [0.29, 0.717) is 0 Å². The first kappa shape index (κ1) is 11.2. The van der Waals surface area contributed by atoms with Crippen molar-refractivity contribution in [2.75, 3.05) is 0 Å². The predicted octanol–water partition coefficient (Wildman–Crippen LogP) is 4.49. The molecule has 17 heavy (non-hydrogen) atoms. The van der Waals surface area contributed by atoms with Gasteiger partial charge in [-0.1, -0.05) is 59.8 Å². The van der Waals surface area contributed by atoms with Crippen molar-refractivity contribution in [3.05, 3.63) is 60.0 Å². The van der Waals surface area contributed by atoms with Crippen molar-refractivity contribution in [1.82, 2.24) is 0 Å². The molecule has 84 valence electrons. The van der Waals surface area contributed by atoms with Crippen molar-refractivity contribution in [2.24, 2.45) is 0 Å². The van der Waals surface area contributed by atoms with Crippen LogP contribution >= 0.6 is 29.9 Å². The summed E-state index contributed by atoms with van der Waals surface area (Å²) in [6.45, 7) is 0. The van der Waals surface area contributed by atoms with Crippen molar-refractivity contribution in [2.45, 2.75) is 0 Å².